The molecule has 64 heavy (non-hydrogen) atoms. The summed E-state index contributed by atoms with van der Waals surface area (Å²) in [5, 5.41) is 16.7. The van der Waals surface area contributed by atoms with Crippen LogP contribution in [-0.4, -0.2) is 19.5 Å². The highest BCUT2D eigenvalue weighted by atomic mass is 32.1. The molecule has 14 rings (SSSR count). The van der Waals surface area contributed by atoms with Gasteiger partial charge in [-0.3, -0.25) is 0 Å². The monoisotopic (exact) mass is 830 g/mol. The van der Waals surface area contributed by atoms with Crippen molar-refractivity contribution in [3.8, 4) is 39.9 Å². The van der Waals surface area contributed by atoms with E-state index in [-0.39, 0.29) is 0 Å². The Morgan fingerprint density at radius 1 is 0.297 bits per heavy atom. The third-order valence-electron chi connectivity index (χ3n) is 13.1. The van der Waals surface area contributed by atoms with Crippen LogP contribution >= 0.6 is 11.3 Å². The van der Waals surface area contributed by atoms with E-state index in [0.29, 0.717) is 17.5 Å². The van der Waals surface area contributed by atoms with Gasteiger partial charge in [-0.1, -0.05) is 158 Å². The van der Waals surface area contributed by atoms with Crippen molar-refractivity contribution in [2.24, 2.45) is 0 Å². The van der Waals surface area contributed by atoms with E-state index in [0.717, 1.165) is 49.6 Å². The van der Waals surface area contributed by atoms with E-state index in [4.69, 9.17) is 15.0 Å². The zero-order valence-corrected chi connectivity index (χ0v) is 35.1. The maximum atomic E-state index is 5.52. The number of hydrogen-bond donors (Lipinski definition) is 0. The molecule has 14 aromatic rings. The number of fused-ring (bicyclic) bond motifs is 12. The molecule has 3 aromatic heterocycles. The van der Waals surface area contributed by atoms with E-state index in [9.17, 15) is 0 Å². The van der Waals surface area contributed by atoms with Crippen molar-refractivity contribution in [3.63, 3.8) is 0 Å². The van der Waals surface area contributed by atoms with Gasteiger partial charge in [0.2, 0.25) is 0 Å². The molecule has 0 aliphatic carbocycles. The van der Waals surface area contributed by atoms with Gasteiger partial charge in [0.05, 0.1) is 16.7 Å². The summed E-state index contributed by atoms with van der Waals surface area (Å²) in [6, 6.07) is 74.6. The normalized spacial score (nSPS) is 12.1. The lowest BCUT2D eigenvalue weighted by molar-refractivity contribution is 1.07. The highest BCUT2D eigenvalue weighted by molar-refractivity contribution is 7.26. The molecule has 0 radical (unpaired) electrons. The predicted octanol–water partition coefficient (Wildman–Crippen LogP) is 16.1. The lowest BCUT2D eigenvalue weighted by Crippen LogP contribution is -2.04. The molecule has 0 saturated carbocycles. The van der Waals surface area contributed by atoms with Crippen LogP contribution in [0.1, 0.15) is 0 Å². The Labute approximate surface area is 371 Å². The molecule has 0 fully saturated rings. The maximum absolute atomic E-state index is 5.52. The van der Waals surface area contributed by atoms with E-state index in [1.807, 2.05) is 11.3 Å². The van der Waals surface area contributed by atoms with Gasteiger partial charge in [-0.2, -0.15) is 0 Å². The summed E-state index contributed by atoms with van der Waals surface area (Å²) in [5.41, 5.74) is 6.13. The highest BCUT2D eigenvalue weighted by Crippen LogP contribution is 2.44. The van der Waals surface area contributed by atoms with E-state index < -0.39 is 0 Å². The van der Waals surface area contributed by atoms with Crippen LogP contribution in [-0.2, 0) is 0 Å². The average Bonchev–Trinajstić information content (AvgIpc) is 3.87. The zero-order chi connectivity index (χ0) is 41.9. The first kappa shape index (κ1) is 35.4. The summed E-state index contributed by atoms with van der Waals surface area (Å²) in [4.78, 5) is 16.4. The molecule has 0 bridgehead atoms. The molecule has 4 nitrogen and oxygen atoms in total. The second kappa shape index (κ2) is 13.6. The fourth-order valence-corrected chi connectivity index (χ4v) is 11.2. The fraction of sp³-hybridized carbons (Fsp3) is 0. The molecule has 296 valence electrons. The Kier molecular flexibility index (Phi) is 7.53. The standard InChI is InChI=1S/C59H34N4S/c1-3-16-39-31-53-48(29-37(39)14-1)46-21-9-10-23-52(46)63(53)54-34-56-50(49-30-38-15-2-4-17-40(38)32-55(49)64-56)33-51(54)59-61-57(60-58(62-59)47-22-11-18-35-12-5-8-20-44(35)47)42-26-27-45-41(28-42)25-24-36-13-6-7-19-43(36)45/h1-34H. The third-order valence-corrected chi connectivity index (χ3v) is 14.3. The predicted molar refractivity (Wildman–Crippen MR) is 271 cm³/mol. The van der Waals surface area contributed by atoms with Gasteiger partial charge in [0.15, 0.2) is 17.5 Å². The Hall–Kier alpha value is -8.25. The number of hydrogen-bond acceptors (Lipinski definition) is 4. The number of nitrogens with zero attached hydrogens (tertiary/aromatic N) is 4. The summed E-state index contributed by atoms with van der Waals surface area (Å²) >= 11 is 1.84. The molecular weight excluding hydrogens is 797 g/mol. The quantitative estimate of drug-likeness (QED) is 0.166. The molecule has 0 aliphatic rings. The van der Waals surface area contributed by atoms with Crippen LogP contribution < -0.4 is 0 Å². The molecule has 5 heteroatoms. The van der Waals surface area contributed by atoms with Crippen molar-refractivity contribution < 1.29 is 0 Å². The minimum atomic E-state index is 0.621. The van der Waals surface area contributed by atoms with E-state index in [1.165, 1.54) is 68.6 Å². The lowest BCUT2D eigenvalue weighted by Gasteiger charge is -2.16. The van der Waals surface area contributed by atoms with Gasteiger partial charge >= 0.3 is 0 Å². The van der Waals surface area contributed by atoms with Gasteiger partial charge in [-0.05, 0) is 102 Å². The van der Waals surface area contributed by atoms with Gasteiger partial charge in [-0.15, -0.1) is 11.3 Å². The number of rotatable bonds is 4. The number of aromatic nitrogens is 4. The molecule has 0 N–H and O–H groups in total. The minimum absolute atomic E-state index is 0.621. The Balaban J connectivity index is 1.11. The third kappa shape index (κ3) is 5.38. The first-order valence-electron chi connectivity index (χ1n) is 21.7. The molecule has 0 atom stereocenters. The van der Waals surface area contributed by atoms with Crippen LogP contribution in [0, 0.1) is 0 Å². The molecule has 0 unspecified atom stereocenters. The van der Waals surface area contributed by atoms with Gasteiger partial charge in [0.1, 0.15) is 0 Å². The largest absolute Gasteiger partial charge is 0.308 e. The van der Waals surface area contributed by atoms with Crippen molar-refractivity contribution in [1.82, 2.24) is 19.5 Å². The minimum Gasteiger partial charge on any atom is -0.308 e. The van der Waals surface area contributed by atoms with E-state index in [2.05, 4.69) is 211 Å². The molecule has 0 saturated heterocycles. The summed E-state index contributed by atoms with van der Waals surface area (Å²) in [5.74, 6) is 1.88. The Morgan fingerprint density at radius 2 is 0.844 bits per heavy atom. The van der Waals surface area contributed by atoms with Crippen LogP contribution in [0.25, 0.3) is 136 Å². The second-order valence-corrected chi connectivity index (χ2v) is 17.9. The van der Waals surface area contributed by atoms with Crippen LogP contribution in [0.5, 0.6) is 0 Å². The van der Waals surface area contributed by atoms with Gasteiger partial charge in [0.25, 0.3) is 0 Å². The Bertz CT molecular complexity index is 4270. The van der Waals surface area contributed by atoms with E-state index in [1.54, 1.807) is 0 Å². The van der Waals surface area contributed by atoms with Gasteiger partial charge in [-0.25, -0.2) is 15.0 Å². The number of para-hydroxylation sites is 1. The molecule has 0 aliphatic heterocycles. The topological polar surface area (TPSA) is 43.6 Å². The first-order valence-corrected chi connectivity index (χ1v) is 22.5. The van der Waals surface area contributed by atoms with Crippen LogP contribution in [0.3, 0.4) is 0 Å². The van der Waals surface area contributed by atoms with Gasteiger partial charge < -0.3 is 4.57 Å². The fourth-order valence-electron chi connectivity index (χ4n) is 10.1. The van der Waals surface area contributed by atoms with Crippen molar-refractivity contribution in [2.45, 2.75) is 0 Å². The second-order valence-electron chi connectivity index (χ2n) is 16.8. The van der Waals surface area contributed by atoms with Gasteiger partial charge in [0, 0.05) is 47.6 Å². The molecule has 0 amide bonds. The van der Waals surface area contributed by atoms with Crippen molar-refractivity contribution in [2.75, 3.05) is 0 Å². The summed E-state index contributed by atoms with van der Waals surface area (Å²) in [6.45, 7) is 0. The SMILES string of the molecule is c1ccc2cc3c(cc2c1)sc1cc(-n2c4ccccc4c4cc5ccccc5cc42)c(-c2nc(-c4ccc5c(ccc6ccccc65)c4)nc(-c4cccc5ccccc45)n2)cc13. The first-order chi connectivity index (χ1) is 31.7. The molecule has 0 spiro atoms. The number of thiophene rings is 1. The van der Waals surface area contributed by atoms with E-state index >= 15 is 0 Å². The Morgan fingerprint density at radius 3 is 1.64 bits per heavy atom. The smallest absolute Gasteiger partial charge is 0.166 e. The maximum Gasteiger partial charge on any atom is 0.166 e. The van der Waals surface area contributed by atoms with Crippen molar-refractivity contribution >= 4 is 107 Å². The number of benzene rings is 11. The summed E-state index contributed by atoms with van der Waals surface area (Å²) < 4.78 is 4.90. The van der Waals surface area contributed by atoms with Crippen LogP contribution in [0.15, 0.2) is 206 Å². The highest BCUT2D eigenvalue weighted by Gasteiger charge is 2.23. The zero-order valence-electron chi connectivity index (χ0n) is 34.3. The summed E-state index contributed by atoms with van der Waals surface area (Å²) in [6.07, 6.45) is 0. The lowest BCUT2D eigenvalue weighted by atomic mass is 10.00. The van der Waals surface area contributed by atoms with Crippen molar-refractivity contribution in [1.29, 1.82) is 0 Å². The molecular formula is C59H34N4S. The summed E-state index contributed by atoms with van der Waals surface area (Å²) in [7, 11) is 0. The molecule has 3 heterocycles. The van der Waals surface area contributed by atoms with Crippen LogP contribution in [0.4, 0.5) is 0 Å². The molecule has 11 aromatic carbocycles. The van der Waals surface area contributed by atoms with Crippen LogP contribution in [0.2, 0.25) is 0 Å². The van der Waals surface area contributed by atoms with Crippen molar-refractivity contribution in [3.05, 3.63) is 206 Å². The average molecular weight is 831 g/mol.